The quantitative estimate of drug-likeness (QED) is 0.297. The zero-order valence-electron chi connectivity index (χ0n) is 23.3. The molecule has 1 amide bonds. The van der Waals surface area contributed by atoms with E-state index >= 15 is 0 Å². The number of carbonyl (C=O) groups excluding carboxylic acids is 1. The van der Waals surface area contributed by atoms with Crippen LogP contribution in [0.4, 0.5) is 0 Å². The number of nitrogens with zero attached hydrogens (tertiary/aromatic N) is 3. The number of aliphatic hydroxyl groups is 3. The van der Waals surface area contributed by atoms with E-state index in [0.717, 1.165) is 41.8 Å². The van der Waals surface area contributed by atoms with Crippen molar-refractivity contribution in [2.24, 2.45) is 5.92 Å². The number of carbonyl (C=O) groups is 1. The fraction of sp³-hybridized carbons (Fsp3) is 0.607. The van der Waals surface area contributed by atoms with Gasteiger partial charge in [-0.15, -0.1) is 35.9 Å². The average molecular weight is 613 g/mol. The Labute approximate surface area is 251 Å². The van der Waals surface area contributed by atoms with Crippen molar-refractivity contribution >= 4 is 41.8 Å². The molecular formula is C28H41ClN4O5S2. The lowest BCUT2D eigenvalue weighted by molar-refractivity contribution is -0.205. The normalized spacial score (nSPS) is 30.3. The van der Waals surface area contributed by atoms with Crippen LogP contribution in [-0.4, -0.2) is 103 Å². The second-order valence-electron chi connectivity index (χ2n) is 10.5. The highest BCUT2D eigenvalue weighted by Crippen LogP contribution is 2.35. The second-order valence-corrected chi connectivity index (χ2v) is 12.9. The van der Waals surface area contributed by atoms with E-state index in [-0.39, 0.29) is 29.6 Å². The summed E-state index contributed by atoms with van der Waals surface area (Å²) in [7, 11) is 1.97. The lowest BCUT2D eigenvalue weighted by Crippen LogP contribution is -2.65. The molecule has 0 saturated carbocycles. The summed E-state index contributed by atoms with van der Waals surface area (Å²) in [5.74, 6) is 0.369. The van der Waals surface area contributed by atoms with Crippen molar-refractivity contribution < 1.29 is 24.9 Å². The van der Waals surface area contributed by atoms with Crippen molar-refractivity contribution in [3.63, 3.8) is 0 Å². The van der Waals surface area contributed by atoms with Gasteiger partial charge in [-0.1, -0.05) is 32.4 Å². The van der Waals surface area contributed by atoms with E-state index in [9.17, 15) is 20.1 Å². The lowest BCUT2D eigenvalue weighted by Gasteiger charge is -2.44. The first-order valence-corrected chi connectivity index (χ1v) is 15.6. The Morgan fingerprint density at radius 1 is 1.12 bits per heavy atom. The van der Waals surface area contributed by atoms with Crippen molar-refractivity contribution in [1.29, 1.82) is 0 Å². The van der Waals surface area contributed by atoms with E-state index in [1.165, 1.54) is 18.1 Å². The first kappa shape index (κ1) is 33.1. The number of nitrogens with one attached hydrogen (secondary N) is 1. The van der Waals surface area contributed by atoms with Crippen LogP contribution >= 0.6 is 35.9 Å². The van der Waals surface area contributed by atoms with E-state index in [1.54, 1.807) is 30.4 Å². The van der Waals surface area contributed by atoms with Gasteiger partial charge in [0.1, 0.15) is 36.2 Å². The lowest BCUT2D eigenvalue weighted by atomic mass is 9.92. The fourth-order valence-electron chi connectivity index (χ4n) is 5.58. The molecule has 9 nitrogen and oxygen atoms in total. The third-order valence-corrected chi connectivity index (χ3v) is 9.78. The summed E-state index contributed by atoms with van der Waals surface area (Å²) >= 11 is 2.82. The van der Waals surface area contributed by atoms with Crippen LogP contribution in [0, 0.1) is 5.92 Å². The molecule has 9 atom stereocenters. The molecule has 0 spiro atoms. The molecule has 2 fully saturated rings. The average Bonchev–Trinajstić information content (AvgIpc) is 3.32. The van der Waals surface area contributed by atoms with Gasteiger partial charge in [0, 0.05) is 34.6 Å². The molecule has 0 unspecified atom stereocenters. The smallest absolute Gasteiger partial charge is 0.237 e. The zero-order valence-corrected chi connectivity index (χ0v) is 25.7. The molecule has 40 heavy (non-hydrogen) atoms. The predicted octanol–water partition coefficient (Wildman–Crippen LogP) is 2.82. The predicted molar refractivity (Wildman–Crippen MR) is 162 cm³/mol. The summed E-state index contributed by atoms with van der Waals surface area (Å²) in [6, 6.07) is 7.13. The monoisotopic (exact) mass is 612 g/mol. The molecule has 0 bridgehead atoms. The summed E-state index contributed by atoms with van der Waals surface area (Å²) < 4.78 is 6.13. The summed E-state index contributed by atoms with van der Waals surface area (Å²) in [5, 5.41) is 35.0. The number of benzene rings is 1. The minimum Gasteiger partial charge on any atom is -0.388 e. The first-order valence-electron chi connectivity index (χ1n) is 13.5. The van der Waals surface area contributed by atoms with E-state index in [0.29, 0.717) is 5.92 Å². The topological polar surface area (TPSA) is 128 Å². The Balaban J connectivity index is 0.00000441. The van der Waals surface area contributed by atoms with Crippen molar-refractivity contribution in [3.8, 4) is 11.1 Å². The van der Waals surface area contributed by atoms with Crippen molar-refractivity contribution in [2.45, 2.75) is 85.2 Å². The second kappa shape index (κ2) is 15.2. The maximum absolute atomic E-state index is 13.6. The Morgan fingerprint density at radius 3 is 2.42 bits per heavy atom. The zero-order chi connectivity index (χ0) is 28.1. The number of aliphatic hydroxyl groups excluding tert-OH is 3. The van der Waals surface area contributed by atoms with Crippen LogP contribution in [0.2, 0.25) is 0 Å². The third-order valence-electron chi connectivity index (χ3n) is 7.71. The molecule has 2 saturated heterocycles. The molecule has 1 aromatic carbocycles. The number of hydrogen-bond donors (Lipinski definition) is 4. The standard InChI is InChI=1S/C28H40N4O5S2.ClH/c1-5-6-17-11-21(32(3)14-17)27(36)31-22(26-24(34)23(33)25(35)28(37-26)38-4)16(2)39-20-9-7-18(8-10-20)19-12-29-15-30-13-19;/h7-10,12-13,15-17,21-26,28,33-35H,5-6,11,14H2,1-4H3,(H,31,36);1H/t16-,17+,21-,22+,23-,24+,25+,26+,28+;/m0./s1. The van der Waals surface area contributed by atoms with Crippen LogP contribution in [-0.2, 0) is 9.53 Å². The fourth-order valence-corrected chi connectivity index (χ4v) is 7.36. The van der Waals surface area contributed by atoms with Crippen LogP contribution in [0.1, 0.15) is 33.1 Å². The van der Waals surface area contributed by atoms with Crippen LogP contribution in [0.15, 0.2) is 47.9 Å². The van der Waals surface area contributed by atoms with Crippen molar-refractivity contribution in [3.05, 3.63) is 43.0 Å². The number of amides is 1. The van der Waals surface area contributed by atoms with Gasteiger partial charge in [0.05, 0.1) is 12.1 Å². The van der Waals surface area contributed by atoms with Gasteiger partial charge in [-0.05, 0) is 49.8 Å². The molecule has 2 aliphatic heterocycles. The van der Waals surface area contributed by atoms with Crippen molar-refractivity contribution in [2.75, 3.05) is 19.8 Å². The largest absolute Gasteiger partial charge is 0.388 e. The number of aromatic nitrogens is 2. The van der Waals surface area contributed by atoms with Crippen molar-refractivity contribution in [1.82, 2.24) is 20.2 Å². The van der Waals surface area contributed by atoms with Crippen LogP contribution < -0.4 is 5.32 Å². The minimum absolute atomic E-state index is 0. The Morgan fingerprint density at radius 2 is 1.80 bits per heavy atom. The number of likely N-dealkylation sites (N-methyl/N-ethyl adjacent to an activating group) is 1. The number of rotatable bonds is 10. The molecular weight excluding hydrogens is 572 g/mol. The summed E-state index contributed by atoms with van der Waals surface area (Å²) in [5.41, 5.74) is 1.19. The van der Waals surface area contributed by atoms with E-state index in [4.69, 9.17) is 4.74 Å². The van der Waals surface area contributed by atoms with E-state index < -0.39 is 35.9 Å². The Bertz CT molecular complexity index is 1070. The molecule has 4 N–H and O–H groups in total. The third kappa shape index (κ3) is 7.69. The van der Waals surface area contributed by atoms with Gasteiger partial charge < -0.3 is 25.4 Å². The Kier molecular flexibility index (Phi) is 12.5. The molecule has 0 aliphatic carbocycles. The number of likely N-dealkylation sites (tertiary alicyclic amines) is 1. The summed E-state index contributed by atoms with van der Waals surface area (Å²) in [4.78, 5) is 24.8. The van der Waals surface area contributed by atoms with Gasteiger partial charge in [-0.2, -0.15) is 0 Å². The molecule has 3 heterocycles. The highest BCUT2D eigenvalue weighted by molar-refractivity contribution is 8.00. The van der Waals surface area contributed by atoms with Gasteiger partial charge in [0.25, 0.3) is 0 Å². The van der Waals surface area contributed by atoms with E-state index in [1.807, 2.05) is 38.2 Å². The molecule has 2 aromatic rings. The van der Waals surface area contributed by atoms with Crippen LogP contribution in [0.3, 0.4) is 0 Å². The number of halogens is 1. The van der Waals surface area contributed by atoms with Gasteiger partial charge in [0.15, 0.2) is 0 Å². The van der Waals surface area contributed by atoms with Gasteiger partial charge in [0.2, 0.25) is 5.91 Å². The van der Waals surface area contributed by atoms with Gasteiger partial charge >= 0.3 is 0 Å². The number of thioether (sulfide) groups is 2. The SMILES string of the molecule is CCC[C@@H]1C[C@@H](C(=O)N[C@@H]([C@H]2O[C@H](SC)[C@H](O)[C@@H](O)[C@H]2O)[C@H](C)Sc2ccc(-c3cncnc3)cc2)N(C)C1.Cl. The Hall–Kier alpha value is -1.44. The summed E-state index contributed by atoms with van der Waals surface area (Å²) in [6.45, 7) is 5.02. The summed E-state index contributed by atoms with van der Waals surface area (Å²) in [6.07, 6.45) is 4.89. The molecule has 222 valence electrons. The number of hydrogen-bond acceptors (Lipinski definition) is 10. The minimum atomic E-state index is -1.38. The molecule has 1 aromatic heterocycles. The highest BCUT2D eigenvalue weighted by Gasteiger charge is 2.48. The maximum atomic E-state index is 13.6. The molecule has 2 aliphatic rings. The molecule has 4 rings (SSSR count). The van der Waals surface area contributed by atoms with E-state index in [2.05, 4.69) is 27.1 Å². The number of ether oxygens (including phenoxy) is 1. The molecule has 0 radical (unpaired) electrons. The van der Waals surface area contributed by atoms with Crippen LogP contribution in [0.25, 0.3) is 11.1 Å². The first-order chi connectivity index (χ1) is 18.7. The van der Waals surface area contributed by atoms with Gasteiger partial charge in [-0.25, -0.2) is 9.97 Å². The maximum Gasteiger partial charge on any atom is 0.237 e. The van der Waals surface area contributed by atoms with Gasteiger partial charge in [-0.3, -0.25) is 9.69 Å². The molecule has 12 heteroatoms. The highest BCUT2D eigenvalue weighted by atomic mass is 35.5. The van der Waals surface area contributed by atoms with Crippen LogP contribution in [0.5, 0.6) is 0 Å².